The molecule has 0 unspecified atom stereocenters. The third kappa shape index (κ3) is 4.38. The molecule has 0 aliphatic heterocycles. The molecule has 0 saturated heterocycles. The number of hydrogen-bond donors (Lipinski definition) is 0. The van der Waals surface area contributed by atoms with E-state index in [1.807, 2.05) is 23.9 Å². The van der Waals surface area contributed by atoms with E-state index in [1.165, 1.54) is 5.56 Å². The summed E-state index contributed by atoms with van der Waals surface area (Å²) in [6.07, 6.45) is 0. The van der Waals surface area contributed by atoms with Crippen molar-refractivity contribution >= 4 is 27.7 Å². The minimum absolute atomic E-state index is 0.798. The number of thioether (sulfide) groups is 1. The van der Waals surface area contributed by atoms with E-state index in [4.69, 9.17) is 4.74 Å². The molecule has 0 spiro atoms. The fraction of sp³-hybridized carbons (Fsp3) is 0.455. The molecular formula is C11H15BrOS. The van der Waals surface area contributed by atoms with Gasteiger partial charge in [0.1, 0.15) is 5.75 Å². The minimum atomic E-state index is 0.798. The van der Waals surface area contributed by atoms with Gasteiger partial charge in [-0.05, 0) is 23.4 Å². The maximum atomic E-state index is 5.57. The van der Waals surface area contributed by atoms with Crippen molar-refractivity contribution in [3.63, 3.8) is 0 Å². The Labute approximate surface area is 98.4 Å². The quantitative estimate of drug-likeness (QED) is 0.578. The van der Waals surface area contributed by atoms with Crippen LogP contribution in [0.1, 0.15) is 12.5 Å². The summed E-state index contributed by atoms with van der Waals surface area (Å²) in [5, 5.41) is 0.902. The molecule has 0 fully saturated rings. The van der Waals surface area contributed by atoms with Gasteiger partial charge >= 0.3 is 0 Å². The van der Waals surface area contributed by atoms with Crippen molar-refractivity contribution in [1.82, 2.24) is 0 Å². The van der Waals surface area contributed by atoms with Crippen LogP contribution in [0.15, 0.2) is 24.3 Å². The van der Waals surface area contributed by atoms with Crippen molar-refractivity contribution in [3.8, 4) is 5.75 Å². The van der Waals surface area contributed by atoms with Crippen LogP contribution in [0.5, 0.6) is 5.75 Å². The van der Waals surface area contributed by atoms with Gasteiger partial charge in [0.2, 0.25) is 0 Å². The molecule has 0 aromatic heterocycles. The highest BCUT2D eigenvalue weighted by atomic mass is 79.9. The largest absolute Gasteiger partial charge is 0.493 e. The van der Waals surface area contributed by atoms with Crippen LogP contribution in [-0.4, -0.2) is 18.1 Å². The van der Waals surface area contributed by atoms with Crippen LogP contribution in [0, 0.1) is 0 Å². The summed E-state index contributed by atoms with van der Waals surface area (Å²) >= 11 is 5.31. The van der Waals surface area contributed by atoms with Gasteiger partial charge < -0.3 is 4.74 Å². The molecule has 0 atom stereocenters. The first-order valence-corrected chi connectivity index (χ1v) is 7.00. The van der Waals surface area contributed by atoms with E-state index in [1.54, 1.807) is 0 Å². The Morgan fingerprint density at radius 1 is 1.29 bits per heavy atom. The van der Waals surface area contributed by atoms with Crippen molar-refractivity contribution in [1.29, 1.82) is 0 Å². The molecule has 0 saturated carbocycles. The summed E-state index contributed by atoms with van der Waals surface area (Å²) < 4.78 is 5.57. The molecule has 0 N–H and O–H groups in total. The van der Waals surface area contributed by atoms with Gasteiger partial charge in [0.15, 0.2) is 0 Å². The fourth-order valence-electron chi connectivity index (χ4n) is 1.04. The monoisotopic (exact) mass is 274 g/mol. The lowest BCUT2D eigenvalue weighted by molar-refractivity contribution is 0.344. The molecular weight excluding hydrogens is 260 g/mol. The highest BCUT2D eigenvalue weighted by Crippen LogP contribution is 2.14. The molecule has 3 heteroatoms. The topological polar surface area (TPSA) is 9.23 Å². The van der Waals surface area contributed by atoms with Crippen molar-refractivity contribution in [3.05, 3.63) is 29.8 Å². The van der Waals surface area contributed by atoms with E-state index in [0.29, 0.717) is 0 Å². The highest BCUT2D eigenvalue weighted by molar-refractivity contribution is 9.08. The lowest BCUT2D eigenvalue weighted by atomic mass is 10.2. The predicted octanol–water partition coefficient (Wildman–Crippen LogP) is 3.71. The van der Waals surface area contributed by atoms with Crippen LogP contribution < -0.4 is 4.74 Å². The first kappa shape index (κ1) is 11.9. The summed E-state index contributed by atoms with van der Waals surface area (Å²) in [5.74, 6) is 3.19. The van der Waals surface area contributed by atoms with Gasteiger partial charge in [0.25, 0.3) is 0 Å². The molecule has 78 valence electrons. The smallest absolute Gasteiger partial charge is 0.119 e. The van der Waals surface area contributed by atoms with Crippen LogP contribution in [-0.2, 0) is 5.33 Å². The Hall–Kier alpha value is -0.150. The SMILES string of the molecule is CCSCCOc1ccc(CBr)cc1. The van der Waals surface area contributed by atoms with Gasteiger partial charge in [-0.15, -0.1) is 0 Å². The van der Waals surface area contributed by atoms with Gasteiger partial charge in [-0.3, -0.25) is 0 Å². The molecule has 0 aliphatic carbocycles. The molecule has 1 aromatic rings. The van der Waals surface area contributed by atoms with Crippen LogP contribution in [0.4, 0.5) is 0 Å². The van der Waals surface area contributed by atoms with Crippen molar-refractivity contribution in [2.75, 3.05) is 18.1 Å². The molecule has 1 rings (SSSR count). The maximum Gasteiger partial charge on any atom is 0.119 e. The lowest BCUT2D eigenvalue weighted by Crippen LogP contribution is -2.00. The predicted molar refractivity (Wildman–Crippen MR) is 67.6 cm³/mol. The Bertz CT molecular complexity index is 248. The standard InChI is InChI=1S/C11H15BrOS/c1-2-14-8-7-13-11-5-3-10(9-12)4-6-11/h3-6H,2,7-9H2,1H3. The summed E-state index contributed by atoms with van der Waals surface area (Å²) in [5.41, 5.74) is 1.28. The molecule has 14 heavy (non-hydrogen) atoms. The lowest BCUT2D eigenvalue weighted by Gasteiger charge is -2.05. The van der Waals surface area contributed by atoms with E-state index in [2.05, 4.69) is 35.0 Å². The highest BCUT2D eigenvalue weighted by Gasteiger charge is 1.94. The average molecular weight is 275 g/mol. The van der Waals surface area contributed by atoms with Gasteiger partial charge in [-0.2, -0.15) is 11.8 Å². The minimum Gasteiger partial charge on any atom is -0.493 e. The van der Waals surface area contributed by atoms with E-state index < -0.39 is 0 Å². The molecule has 0 bridgehead atoms. The van der Waals surface area contributed by atoms with E-state index in [-0.39, 0.29) is 0 Å². The van der Waals surface area contributed by atoms with Crippen LogP contribution in [0.3, 0.4) is 0 Å². The summed E-state index contributed by atoms with van der Waals surface area (Å²) in [7, 11) is 0. The van der Waals surface area contributed by atoms with E-state index in [9.17, 15) is 0 Å². The first-order chi connectivity index (χ1) is 6.86. The van der Waals surface area contributed by atoms with Crippen LogP contribution in [0.25, 0.3) is 0 Å². The number of alkyl halides is 1. The number of ether oxygens (including phenoxy) is 1. The fourth-order valence-corrected chi connectivity index (χ4v) is 1.90. The second-order valence-corrected chi connectivity index (χ2v) is 4.78. The molecule has 0 heterocycles. The number of hydrogen-bond acceptors (Lipinski definition) is 2. The number of rotatable bonds is 6. The van der Waals surface area contributed by atoms with Crippen molar-refractivity contribution < 1.29 is 4.74 Å². The van der Waals surface area contributed by atoms with E-state index >= 15 is 0 Å². The molecule has 1 nitrogen and oxygen atoms in total. The Balaban J connectivity index is 2.29. The normalized spacial score (nSPS) is 10.1. The average Bonchev–Trinajstić information content (AvgIpc) is 2.25. The first-order valence-electron chi connectivity index (χ1n) is 4.72. The zero-order valence-corrected chi connectivity index (χ0v) is 10.7. The van der Waals surface area contributed by atoms with Gasteiger partial charge in [-0.25, -0.2) is 0 Å². The number of halogens is 1. The van der Waals surface area contributed by atoms with Crippen LogP contribution >= 0.6 is 27.7 Å². The second-order valence-electron chi connectivity index (χ2n) is 2.82. The summed E-state index contributed by atoms with van der Waals surface area (Å²) in [4.78, 5) is 0. The third-order valence-corrected chi connectivity index (χ3v) is 3.29. The zero-order chi connectivity index (χ0) is 10.2. The summed E-state index contributed by atoms with van der Waals surface area (Å²) in [6.45, 7) is 2.96. The van der Waals surface area contributed by atoms with Gasteiger partial charge in [0, 0.05) is 11.1 Å². The third-order valence-electron chi connectivity index (χ3n) is 1.78. The Morgan fingerprint density at radius 3 is 2.57 bits per heavy atom. The molecule has 1 aromatic carbocycles. The van der Waals surface area contributed by atoms with Crippen LogP contribution in [0.2, 0.25) is 0 Å². The Morgan fingerprint density at radius 2 is 2.00 bits per heavy atom. The summed E-state index contributed by atoms with van der Waals surface area (Å²) in [6, 6.07) is 8.20. The Kier molecular flexibility index (Phi) is 6.12. The maximum absolute atomic E-state index is 5.57. The zero-order valence-electron chi connectivity index (χ0n) is 8.33. The molecule has 0 radical (unpaired) electrons. The number of benzene rings is 1. The van der Waals surface area contributed by atoms with Crippen molar-refractivity contribution in [2.45, 2.75) is 12.3 Å². The van der Waals surface area contributed by atoms with Gasteiger partial charge in [-0.1, -0.05) is 35.0 Å². The van der Waals surface area contributed by atoms with Gasteiger partial charge in [0.05, 0.1) is 6.61 Å². The molecule has 0 amide bonds. The molecule has 0 aliphatic rings. The van der Waals surface area contributed by atoms with E-state index in [0.717, 1.165) is 29.2 Å². The second kappa shape index (κ2) is 7.18. The van der Waals surface area contributed by atoms with Crippen molar-refractivity contribution in [2.24, 2.45) is 0 Å².